The molecule has 1 aliphatic rings. The Morgan fingerprint density at radius 2 is 1.75 bits per heavy atom. The highest BCUT2D eigenvalue weighted by molar-refractivity contribution is 5.39. The molecule has 0 heterocycles. The van der Waals surface area contributed by atoms with Crippen LogP contribution < -0.4 is 5.32 Å². The molecule has 1 aliphatic carbocycles. The van der Waals surface area contributed by atoms with E-state index in [2.05, 4.69) is 59.0 Å². The van der Waals surface area contributed by atoms with Crippen molar-refractivity contribution in [1.29, 1.82) is 0 Å². The zero-order chi connectivity index (χ0) is 14.9. The van der Waals surface area contributed by atoms with Crippen molar-refractivity contribution in [3.8, 4) is 0 Å². The van der Waals surface area contributed by atoms with E-state index in [1.54, 1.807) is 0 Å². The molecule has 0 spiro atoms. The number of rotatable bonds is 4. The summed E-state index contributed by atoms with van der Waals surface area (Å²) in [4.78, 5) is 0. The summed E-state index contributed by atoms with van der Waals surface area (Å²) in [5.41, 5.74) is 5.74. The molecule has 4 atom stereocenters. The molecule has 4 unspecified atom stereocenters. The van der Waals surface area contributed by atoms with E-state index >= 15 is 0 Å². The maximum Gasteiger partial charge on any atom is 0.0299 e. The van der Waals surface area contributed by atoms with Gasteiger partial charge in [0.05, 0.1) is 0 Å². The standard InChI is InChI=1S/C19H31N/c1-7-17-8-9-18(15(17)5)20-16(6)19-13(3)10-12(2)11-14(19)4/h10-11,15-18,20H,7-9H2,1-6H3. The summed E-state index contributed by atoms with van der Waals surface area (Å²) in [6, 6.07) is 5.77. The summed E-state index contributed by atoms with van der Waals surface area (Å²) in [5, 5.41) is 3.91. The molecule has 0 amide bonds. The van der Waals surface area contributed by atoms with Crippen LogP contribution in [0.4, 0.5) is 0 Å². The van der Waals surface area contributed by atoms with Crippen LogP contribution in [0.5, 0.6) is 0 Å². The Labute approximate surface area is 125 Å². The van der Waals surface area contributed by atoms with E-state index in [0.717, 1.165) is 11.8 Å². The highest BCUT2D eigenvalue weighted by Crippen LogP contribution is 2.35. The van der Waals surface area contributed by atoms with Crippen LogP contribution in [-0.2, 0) is 0 Å². The maximum absolute atomic E-state index is 3.91. The Morgan fingerprint density at radius 3 is 2.25 bits per heavy atom. The van der Waals surface area contributed by atoms with Crippen LogP contribution in [0.1, 0.15) is 68.3 Å². The fraction of sp³-hybridized carbons (Fsp3) is 0.684. The summed E-state index contributed by atoms with van der Waals surface area (Å²) in [7, 11) is 0. The molecule has 2 rings (SSSR count). The van der Waals surface area contributed by atoms with Crippen LogP contribution in [-0.4, -0.2) is 6.04 Å². The third kappa shape index (κ3) is 3.09. The summed E-state index contributed by atoms with van der Waals surface area (Å²) < 4.78 is 0. The van der Waals surface area contributed by atoms with Crippen molar-refractivity contribution in [3.63, 3.8) is 0 Å². The number of aryl methyl sites for hydroxylation is 3. The van der Waals surface area contributed by atoms with Gasteiger partial charge in [0.2, 0.25) is 0 Å². The lowest BCUT2D eigenvalue weighted by molar-refractivity contribution is 0.327. The lowest BCUT2D eigenvalue weighted by Crippen LogP contribution is -2.35. The summed E-state index contributed by atoms with van der Waals surface area (Å²) in [6.07, 6.45) is 4.07. The van der Waals surface area contributed by atoms with Crippen molar-refractivity contribution in [2.45, 2.75) is 72.9 Å². The van der Waals surface area contributed by atoms with Gasteiger partial charge < -0.3 is 5.32 Å². The molecule has 20 heavy (non-hydrogen) atoms. The van der Waals surface area contributed by atoms with E-state index in [4.69, 9.17) is 0 Å². The van der Waals surface area contributed by atoms with E-state index < -0.39 is 0 Å². The second-order valence-corrected chi connectivity index (χ2v) is 6.91. The minimum absolute atomic E-state index is 0.457. The van der Waals surface area contributed by atoms with E-state index in [9.17, 15) is 0 Å². The van der Waals surface area contributed by atoms with Gasteiger partial charge in [-0.05, 0) is 69.1 Å². The Kier molecular flexibility index (Phi) is 4.90. The van der Waals surface area contributed by atoms with Gasteiger partial charge in [-0.3, -0.25) is 0 Å². The average Bonchev–Trinajstić information content (AvgIpc) is 2.69. The maximum atomic E-state index is 3.91. The zero-order valence-electron chi connectivity index (χ0n) is 14.1. The number of hydrogen-bond acceptors (Lipinski definition) is 1. The Hall–Kier alpha value is -0.820. The van der Waals surface area contributed by atoms with Crippen molar-refractivity contribution in [1.82, 2.24) is 5.32 Å². The van der Waals surface area contributed by atoms with Crippen LogP contribution in [0.15, 0.2) is 12.1 Å². The predicted molar refractivity (Wildman–Crippen MR) is 88.2 cm³/mol. The number of hydrogen-bond donors (Lipinski definition) is 1. The summed E-state index contributed by atoms with van der Waals surface area (Å²) in [5.74, 6) is 1.73. The monoisotopic (exact) mass is 273 g/mol. The second kappa shape index (κ2) is 6.30. The molecular weight excluding hydrogens is 242 g/mol. The molecule has 112 valence electrons. The molecule has 0 aliphatic heterocycles. The Balaban J connectivity index is 2.11. The van der Waals surface area contributed by atoms with Gasteiger partial charge in [-0.2, -0.15) is 0 Å². The molecular formula is C19H31N. The van der Waals surface area contributed by atoms with Gasteiger partial charge in [0.15, 0.2) is 0 Å². The Bertz CT molecular complexity index is 440. The quantitative estimate of drug-likeness (QED) is 0.806. The predicted octanol–water partition coefficient (Wildman–Crippen LogP) is 5.09. The first-order valence-corrected chi connectivity index (χ1v) is 8.27. The Morgan fingerprint density at radius 1 is 1.15 bits per heavy atom. The lowest BCUT2D eigenvalue weighted by Gasteiger charge is -2.27. The van der Waals surface area contributed by atoms with Gasteiger partial charge in [-0.15, -0.1) is 0 Å². The number of benzene rings is 1. The van der Waals surface area contributed by atoms with E-state index in [0.29, 0.717) is 12.1 Å². The fourth-order valence-corrected chi connectivity index (χ4v) is 4.34. The van der Waals surface area contributed by atoms with Crippen molar-refractivity contribution in [3.05, 3.63) is 34.4 Å². The van der Waals surface area contributed by atoms with Crippen molar-refractivity contribution >= 4 is 0 Å². The van der Waals surface area contributed by atoms with Gasteiger partial charge in [0, 0.05) is 12.1 Å². The summed E-state index contributed by atoms with van der Waals surface area (Å²) in [6.45, 7) is 13.8. The van der Waals surface area contributed by atoms with Crippen LogP contribution in [0.3, 0.4) is 0 Å². The van der Waals surface area contributed by atoms with Crippen molar-refractivity contribution < 1.29 is 0 Å². The SMILES string of the molecule is CCC1CCC(NC(C)c2c(C)cc(C)cc2C)C1C. The molecule has 1 aromatic carbocycles. The molecule has 1 saturated carbocycles. The van der Waals surface area contributed by atoms with E-state index in [-0.39, 0.29) is 0 Å². The molecule has 1 fully saturated rings. The van der Waals surface area contributed by atoms with Gasteiger partial charge in [-0.1, -0.05) is 38.0 Å². The molecule has 1 N–H and O–H groups in total. The highest BCUT2D eigenvalue weighted by Gasteiger charge is 2.32. The lowest BCUT2D eigenvalue weighted by atomic mass is 9.91. The topological polar surface area (TPSA) is 12.0 Å². The molecule has 0 saturated heterocycles. The van der Waals surface area contributed by atoms with Crippen molar-refractivity contribution in [2.24, 2.45) is 11.8 Å². The van der Waals surface area contributed by atoms with Gasteiger partial charge >= 0.3 is 0 Å². The molecule has 1 aromatic rings. The normalized spacial score (nSPS) is 27.8. The molecule has 1 heteroatoms. The number of nitrogens with one attached hydrogen (secondary N) is 1. The first-order valence-electron chi connectivity index (χ1n) is 8.27. The zero-order valence-corrected chi connectivity index (χ0v) is 14.1. The van der Waals surface area contributed by atoms with E-state index in [1.165, 1.54) is 41.5 Å². The van der Waals surface area contributed by atoms with Crippen LogP contribution in [0, 0.1) is 32.6 Å². The highest BCUT2D eigenvalue weighted by atomic mass is 15.0. The van der Waals surface area contributed by atoms with Crippen molar-refractivity contribution in [2.75, 3.05) is 0 Å². The molecule has 1 nitrogen and oxygen atoms in total. The van der Waals surface area contributed by atoms with Gasteiger partial charge in [0.1, 0.15) is 0 Å². The fourth-order valence-electron chi connectivity index (χ4n) is 4.34. The molecule has 0 radical (unpaired) electrons. The molecule has 0 bridgehead atoms. The molecule has 0 aromatic heterocycles. The average molecular weight is 273 g/mol. The van der Waals surface area contributed by atoms with Gasteiger partial charge in [-0.25, -0.2) is 0 Å². The second-order valence-electron chi connectivity index (χ2n) is 6.91. The van der Waals surface area contributed by atoms with E-state index in [1.807, 2.05) is 0 Å². The van der Waals surface area contributed by atoms with Gasteiger partial charge in [0.25, 0.3) is 0 Å². The largest absolute Gasteiger partial charge is 0.307 e. The smallest absolute Gasteiger partial charge is 0.0299 e. The van der Waals surface area contributed by atoms with Crippen LogP contribution in [0.25, 0.3) is 0 Å². The first kappa shape index (κ1) is 15.6. The summed E-state index contributed by atoms with van der Waals surface area (Å²) >= 11 is 0. The third-order valence-electron chi connectivity index (χ3n) is 5.39. The minimum atomic E-state index is 0.457. The van der Waals surface area contributed by atoms with Crippen LogP contribution in [0.2, 0.25) is 0 Å². The minimum Gasteiger partial charge on any atom is -0.307 e. The van der Waals surface area contributed by atoms with Crippen LogP contribution >= 0.6 is 0 Å². The third-order valence-corrected chi connectivity index (χ3v) is 5.39. The first-order chi connectivity index (χ1) is 9.43.